The summed E-state index contributed by atoms with van der Waals surface area (Å²) in [5.74, 6) is 0.131. The van der Waals surface area contributed by atoms with Crippen LogP contribution in [0.25, 0.3) is 10.1 Å². The van der Waals surface area contributed by atoms with E-state index in [1.807, 2.05) is 24.3 Å². The summed E-state index contributed by atoms with van der Waals surface area (Å²) in [6.45, 7) is 0.392. The van der Waals surface area contributed by atoms with Gasteiger partial charge >= 0.3 is 5.97 Å². The Bertz CT molecular complexity index is 926. The van der Waals surface area contributed by atoms with E-state index >= 15 is 0 Å². The number of esters is 1. The van der Waals surface area contributed by atoms with E-state index in [2.05, 4.69) is 0 Å². The summed E-state index contributed by atoms with van der Waals surface area (Å²) < 4.78 is 12.7. The highest BCUT2D eigenvalue weighted by atomic mass is 32.1. The van der Waals surface area contributed by atoms with Crippen molar-refractivity contribution >= 4 is 27.6 Å². The maximum Gasteiger partial charge on any atom is 0.337 e. The number of hydrogen-bond donors (Lipinski definition) is 0. The third-order valence-corrected chi connectivity index (χ3v) is 4.64. The molecule has 5 nitrogen and oxygen atoms in total. The number of methoxy groups -OCH3 is 2. The van der Waals surface area contributed by atoms with E-state index in [9.17, 15) is 9.59 Å². The first-order chi connectivity index (χ1) is 11.1. The monoisotopic (exact) mass is 329 g/mol. The first-order valence-electron chi connectivity index (χ1n) is 6.98. The van der Waals surface area contributed by atoms with E-state index in [4.69, 9.17) is 9.47 Å². The topological polar surface area (TPSA) is 57.5 Å². The number of hydrogen-bond acceptors (Lipinski definition) is 5. The van der Waals surface area contributed by atoms with E-state index in [0.717, 1.165) is 10.3 Å². The number of carbonyl (C=O) groups excluding carboxylic acids is 1. The Kier molecular flexibility index (Phi) is 4.16. The molecule has 1 heterocycles. The number of ether oxygens (including phenoxy) is 2. The van der Waals surface area contributed by atoms with Crippen LogP contribution in [0.3, 0.4) is 0 Å². The minimum Gasteiger partial charge on any atom is -0.496 e. The van der Waals surface area contributed by atoms with Crippen molar-refractivity contribution in [1.29, 1.82) is 0 Å². The molecule has 0 bridgehead atoms. The second-order valence-electron chi connectivity index (χ2n) is 4.95. The minimum absolute atomic E-state index is 0.0234. The molecule has 1 aromatic heterocycles. The number of aromatic nitrogens is 1. The SMILES string of the molecule is COC(=O)c1ccc(Cn2sc3ccccc3c2=O)c(OC)c1. The molecule has 0 radical (unpaired) electrons. The fraction of sp³-hybridized carbons (Fsp3) is 0.176. The van der Waals surface area contributed by atoms with Gasteiger partial charge in [-0.15, -0.1) is 0 Å². The molecule has 0 spiro atoms. The molecule has 0 unspecified atom stereocenters. The van der Waals surface area contributed by atoms with Crippen molar-refractivity contribution in [1.82, 2.24) is 3.96 Å². The van der Waals surface area contributed by atoms with Gasteiger partial charge in [-0.3, -0.25) is 8.75 Å². The normalized spacial score (nSPS) is 10.7. The lowest BCUT2D eigenvalue weighted by molar-refractivity contribution is 0.0600. The van der Waals surface area contributed by atoms with Gasteiger partial charge < -0.3 is 9.47 Å². The third-order valence-electron chi connectivity index (χ3n) is 3.57. The molecule has 6 heteroatoms. The second-order valence-corrected chi connectivity index (χ2v) is 6.01. The Hall–Kier alpha value is -2.60. The molecular weight excluding hydrogens is 314 g/mol. The molecule has 0 aliphatic heterocycles. The number of nitrogens with zero attached hydrogens (tertiary/aromatic N) is 1. The Morgan fingerprint density at radius 3 is 2.65 bits per heavy atom. The van der Waals surface area contributed by atoms with Gasteiger partial charge in [0.1, 0.15) is 5.75 Å². The van der Waals surface area contributed by atoms with Crippen LogP contribution in [0.2, 0.25) is 0 Å². The van der Waals surface area contributed by atoms with Crippen LogP contribution in [-0.2, 0) is 11.3 Å². The zero-order valence-corrected chi connectivity index (χ0v) is 13.6. The predicted octanol–water partition coefficient (Wildman–Crippen LogP) is 2.91. The van der Waals surface area contributed by atoms with E-state index in [1.165, 1.54) is 25.8 Å². The lowest BCUT2D eigenvalue weighted by atomic mass is 10.1. The van der Waals surface area contributed by atoms with Crippen molar-refractivity contribution in [2.45, 2.75) is 6.54 Å². The highest BCUT2D eigenvalue weighted by molar-refractivity contribution is 7.13. The summed E-state index contributed by atoms with van der Waals surface area (Å²) >= 11 is 1.41. The lowest BCUT2D eigenvalue weighted by Crippen LogP contribution is -2.14. The summed E-state index contributed by atoms with van der Waals surface area (Å²) in [5, 5.41) is 0.711. The summed E-state index contributed by atoms with van der Waals surface area (Å²) in [7, 11) is 2.87. The van der Waals surface area contributed by atoms with Crippen LogP contribution in [0.15, 0.2) is 47.3 Å². The lowest BCUT2D eigenvalue weighted by Gasteiger charge is -2.10. The van der Waals surface area contributed by atoms with Crippen LogP contribution in [0.1, 0.15) is 15.9 Å². The Balaban J connectivity index is 2.00. The van der Waals surface area contributed by atoms with Gasteiger partial charge in [0.2, 0.25) is 0 Å². The highest BCUT2D eigenvalue weighted by Crippen LogP contribution is 2.24. The quantitative estimate of drug-likeness (QED) is 0.691. The molecule has 0 amide bonds. The van der Waals surface area contributed by atoms with Crippen LogP contribution < -0.4 is 10.3 Å². The molecule has 118 valence electrons. The maximum absolute atomic E-state index is 12.4. The second kappa shape index (κ2) is 6.26. The number of rotatable bonds is 4. The average Bonchev–Trinajstić information content (AvgIpc) is 2.91. The largest absolute Gasteiger partial charge is 0.496 e. The summed E-state index contributed by atoms with van der Waals surface area (Å²) in [4.78, 5) is 24.0. The third kappa shape index (κ3) is 2.85. The van der Waals surface area contributed by atoms with Crippen molar-refractivity contribution in [3.63, 3.8) is 0 Å². The molecule has 0 atom stereocenters. The summed E-state index contributed by atoms with van der Waals surface area (Å²) in [5.41, 5.74) is 1.22. The van der Waals surface area contributed by atoms with Crippen LogP contribution in [-0.4, -0.2) is 24.1 Å². The number of benzene rings is 2. The molecule has 0 fully saturated rings. The molecule has 0 aliphatic rings. The zero-order chi connectivity index (χ0) is 16.4. The van der Waals surface area contributed by atoms with Crippen LogP contribution >= 0.6 is 11.5 Å². The fourth-order valence-corrected chi connectivity index (χ4v) is 3.41. The molecule has 23 heavy (non-hydrogen) atoms. The molecule has 3 aromatic rings. The van der Waals surface area contributed by atoms with Crippen LogP contribution in [0, 0.1) is 0 Å². The molecule has 0 saturated heterocycles. The van der Waals surface area contributed by atoms with E-state index in [0.29, 0.717) is 23.2 Å². The van der Waals surface area contributed by atoms with Gasteiger partial charge in [0, 0.05) is 5.56 Å². The van der Waals surface area contributed by atoms with Gasteiger partial charge in [0.15, 0.2) is 0 Å². The van der Waals surface area contributed by atoms with Crippen LogP contribution in [0.5, 0.6) is 5.75 Å². The Morgan fingerprint density at radius 1 is 1.17 bits per heavy atom. The van der Waals surface area contributed by atoms with Gasteiger partial charge in [-0.05, 0) is 24.3 Å². The maximum atomic E-state index is 12.4. The van der Waals surface area contributed by atoms with Crippen molar-refractivity contribution < 1.29 is 14.3 Å². The fourth-order valence-electron chi connectivity index (χ4n) is 2.40. The highest BCUT2D eigenvalue weighted by Gasteiger charge is 2.13. The standard InChI is InChI=1S/C17H15NO4S/c1-21-14-9-11(17(20)22-2)7-8-12(14)10-18-16(19)13-5-3-4-6-15(13)23-18/h3-9H,10H2,1-2H3. The number of carbonyl (C=O) groups is 1. The van der Waals surface area contributed by atoms with Gasteiger partial charge in [-0.1, -0.05) is 29.7 Å². The Labute approximate surface area is 136 Å². The van der Waals surface area contributed by atoms with Gasteiger partial charge in [-0.2, -0.15) is 0 Å². The van der Waals surface area contributed by atoms with E-state index in [1.54, 1.807) is 22.2 Å². The molecule has 0 saturated carbocycles. The summed E-state index contributed by atoms with van der Waals surface area (Å²) in [6, 6.07) is 12.6. The first-order valence-corrected chi connectivity index (χ1v) is 7.75. The van der Waals surface area contributed by atoms with Crippen molar-refractivity contribution in [3.05, 3.63) is 63.9 Å². The van der Waals surface area contributed by atoms with Gasteiger partial charge in [-0.25, -0.2) is 4.79 Å². The zero-order valence-electron chi connectivity index (χ0n) is 12.7. The first kappa shape index (κ1) is 15.3. The smallest absolute Gasteiger partial charge is 0.337 e. The molecule has 3 rings (SSSR count). The van der Waals surface area contributed by atoms with Gasteiger partial charge in [0.05, 0.1) is 36.4 Å². The van der Waals surface area contributed by atoms with Gasteiger partial charge in [0.25, 0.3) is 5.56 Å². The Morgan fingerprint density at radius 2 is 1.96 bits per heavy atom. The summed E-state index contributed by atoms with van der Waals surface area (Å²) in [6.07, 6.45) is 0. The average molecular weight is 329 g/mol. The van der Waals surface area contributed by atoms with E-state index in [-0.39, 0.29) is 5.56 Å². The molecule has 0 aliphatic carbocycles. The van der Waals surface area contributed by atoms with Crippen molar-refractivity contribution in [2.75, 3.05) is 14.2 Å². The minimum atomic E-state index is -0.422. The van der Waals surface area contributed by atoms with Crippen LogP contribution in [0.4, 0.5) is 0 Å². The van der Waals surface area contributed by atoms with Crippen molar-refractivity contribution in [2.24, 2.45) is 0 Å². The molecule has 0 N–H and O–H groups in total. The molecule has 2 aromatic carbocycles. The van der Waals surface area contributed by atoms with Crippen molar-refractivity contribution in [3.8, 4) is 5.75 Å². The number of fused-ring (bicyclic) bond motifs is 1. The molecular formula is C17H15NO4S. The predicted molar refractivity (Wildman–Crippen MR) is 89.5 cm³/mol. The van der Waals surface area contributed by atoms with E-state index < -0.39 is 5.97 Å².